The minimum absolute atomic E-state index is 0.0231. The highest BCUT2D eigenvalue weighted by Gasteiger charge is 2.19. The Labute approximate surface area is 186 Å². The van der Waals surface area contributed by atoms with E-state index in [4.69, 9.17) is 20.1 Å². The van der Waals surface area contributed by atoms with Crippen molar-refractivity contribution >= 4 is 40.0 Å². The van der Waals surface area contributed by atoms with Crippen LogP contribution < -0.4 is 20.6 Å². The highest BCUT2D eigenvalue weighted by molar-refractivity contribution is 7.99. The van der Waals surface area contributed by atoms with E-state index in [9.17, 15) is 9.59 Å². The van der Waals surface area contributed by atoms with Crippen molar-refractivity contribution in [2.75, 3.05) is 37.7 Å². The van der Waals surface area contributed by atoms with Crippen molar-refractivity contribution in [1.29, 1.82) is 0 Å². The summed E-state index contributed by atoms with van der Waals surface area (Å²) < 4.78 is 16.9. The van der Waals surface area contributed by atoms with Crippen molar-refractivity contribution in [1.82, 2.24) is 14.9 Å². The number of thiophene rings is 1. The van der Waals surface area contributed by atoms with E-state index in [1.807, 2.05) is 0 Å². The number of nitrogens with one attached hydrogen (secondary N) is 1. The van der Waals surface area contributed by atoms with Gasteiger partial charge in [-0.25, -0.2) is 9.47 Å². The van der Waals surface area contributed by atoms with Crippen molar-refractivity contribution in [3.8, 4) is 22.9 Å². The SMILES string of the molecule is CCOC(=O)c1ccsc1NC(=O)CSc1nnc(-c2ccc(OC)cc2OC)n1N. The first-order valence-corrected chi connectivity index (χ1v) is 10.9. The van der Waals surface area contributed by atoms with Gasteiger partial charge in [-0.1, -0.05) is 11.8 Å². The molecule has 2 aromatic heterocycles. The summed E-state index contributed by atoms with van der Waals surface area (Å²) >= 11 is 2.35. The zero-order valence-electron chi connectivity index (χ0n) is 17.1. The van der Waals surface area contributed by atoms with Crippen LogP contribution in [0, 0.1) is 0 Å². The van der Waals surface area contributed by atoms with E-state index in [0.29, 0.717) is 38.6 Å². The minimum Gasteiger partial charge on any atom is -0.497 e. The van der Waals surface area contributed by atoms with Gasteiger partial charge in [0.25, 0.3) is 0 Å². The Morgan fingerprint density at radius 1 is 1.23 bits per heavy atom. The Balaban J connectivity index is 1.68. The van der Waals surface area contributed by atoms with Crippen LogP contribution in [0.5, 0.6) is 11.5 Å². The minimum atomic E-state index is -0.480. The molecule has 0 bridgehead atoms. The molecule has 31 heavy (non-hydrogen) atoms. The number of hydrogen-bond acceptors (Lipinski definition) is 10. The maximum atomic E-state index is 12.4. The number of nitrogens with zero attached hydrogens (tertiary/aromatic N) is 3. The van der Waals surface area contributed by atoms with E-state index in [1.54, 1.807) is 43.7 Å². The normalized spacial score (nSPS) is 10.5. The predicted octanol–water partition coefficient (Wildman–Crippen LogP) is 2.65. The number of methoxy groups -OCH3 is 2. The quantitative estimate of drug-likeness (QED) is 0.279. The van der Waals surface area contributed by atoms with Gasteiger partial charge in [0, 0.05) is 6.07 Å². The molecule has 0 atom stereocenters. The van der Waals surface area contributed by atoms with E-state index >= 15 is 0 Å². The lowest BCUT2D eigenvalue weighted by Crippen LogP contribution is -2.17. The molecule has 0 saturated carbocycles. The second-order valence-corrected chi connectivity index (χ2v) is 7.82. The van der Waals surface area contributed by atoms with Crippen LogP contribution in [0.4, 0.5) is 5.00 Å². The summed E-state index contributed by atoms with van der Waals surface area (Å²) in [6.07, 6.45) is 0. The Morgan fingerprint density at radius 2 is 2.03 bits per heavy atom. The smallest absolute Gasteiger partial charge is 0.341 e. The Bertz CT molecular complexity index is 1080. The molecule has 3 aromatic rings. The van der Waals surface area contributed by atoms with Crippen molar-refractivity contribution < 1.29 is 23.8 Å². The van der Waals surface area contributed by atoms with E-state index in [2.05, 4.69) is 15.5 Å². The first-order chi connectivity index (χ1) is 15.0. The molecule has 0 radical (unpaired) electrons. The van der Waals surface area contributed by atoms with Gasteiger partial charge in [0.15, 0.2) is 5.82 Å². The molecule has 0 spiro atoms. The highest BCUT2D eigenvalue weighted by Crippen LogP contribution is 2.33. The number of esters is 1. The largest absolute Gasteiger partial charge is 0.497 e. The summed E-state index contributed by atoms with van der Waals surface area (Å²) in [6.45, 7) is 1.98. The number of ether oxygens (including phenoxy) is 3. The number of hydrogen-bond donors (Lipinski definition) is 2. The molecule has 0 unspecified atom stereocenters. The summed E-state index contributed by atoms with van der Waals surface area (Å²) in [5, 5.41) is 13.4. The molecule has 0 aliphatic carbocycles. The molecule has 0 saturated heterocycles. The number of aromatic nitrogens is 3. The van der Waals surface area contributed by atoms with Gasteiger partial charge in [0.05, 0.1) is 37.7 Å². The average molecular weight is 464 g/mol. The molecule has 2 heterocycles. The molecule has 0 aliphatic heterocycles. The fraction of sp³-hybridized carbons (Fsp3) is 0.263. The summed E-state index contributed by atoms with van der Waals surface area (Å²) in [5.41, 5.74) is 0.952. The topological polar surface area (TPSA) is 131 Å². The third-order valence-electron chi connectivity index (χ3n) is 4.06. The number of nitrogens with two attached hydrogens (primary N) is 1. The maximum absolute atomic E-state index is 12.4. The van der Waals surface area contributed by atoms with Gasteiger partial charge in [-0.2, -0.15) is 0 Å². The van der Waals surface area contributed by atoms with Gasteiger partial charge in [-0.3, -0.25) is 4.79 Å². The van der Waals surface area contributed by atoms with Crippen LogP contribution in [0.25, 0.3) is 11.4 Å². The number of thioether (sulfide) groups is 1. The van der Waals surface area contributed by atoms with E-state index in [0.717, 1.165) is 11.8 Å². The number of anilines is 1. The van der Waals surface area contributed by atoms with Crippen molar-refractivity contribution in [2.24, 2.45) is 0 Å². The van der Waals surface area contributed by atoms with Gasteiger partial charge in [0.1, 0.15) is 16.5 Å². The fourth-order valence-electron chi connectivity index (χ4n) is 2.61. The Kier molecular flexibility index (Phi) is 7.36. The number of amides is 1. The van der Waals surface area contributed by atoms with Gasteiger partial charge in [0.2, 0.25) is 11.1 Å². The van der Waals surface area contributed by atoms with Crippen LogP contribution in [-0.2, 0) is 9.53 Å². The lowest BCUT2D eigenvalue weighted by Gasteiger charge is -2.10. The molecular formula is C19H21N5O5S2. The predicted molar refractivity (Wildman–Crippen MR) is 118 cm³/mol. The molecule has 3 rings (SSSR count). The van der Waals surface area contributed by atoms with Crippen LogP contribution >= 0.6 is 23.1 Å². The lowest BCUT2D eigenvalue weighted by atomic mass is 10.2. The molecular weight excluding hydrogens is 442 g/mol. The molecule has 3 N–H and O–H groups in total. The summed E-state index contributed by atoms with van der Waals surface area (Å²) in [4.78, 5) is 24.3. The monoisotopic (exact) mass is 463 g/mol. The number of rotatable bonds is 9. The van der Waals surface area contributed by atoms with Crippen LogP contribution in [0.3, 0.4) is 0 Å². The van der Waals surface area contributed by atoms with Crippen LogP contribution in [0.1, 0.15) is 17.3 Å². The standard InChI is InChI=1S/C19H21N5O5S2/c1-4-29-18(26)13-7-8-30-17(13)21-15(25)10-31-19-23-22-16(24(19)20)12-6-5-11(27-2)9-14(12)28-3/h5-9H,4,10,20H2,1-3H3,(H,21,25). The second-order valence-electron chi connectivity index (χ2n) is 5.96. The highest BCUT2D eigenvalue weighted by atomic mass is 32.2. The zero-order chi connectivity index (χ0) is 22.4. The van der Waals surface area contributed by atoms with Gasteiger partial charge in [-0.15, -0.1) is 21.5 Å². The van der Waals surface area contributed by atoms with Gasteiger partial charge >= 0.3 is 5.97 Å². The summed E-state index contributed by atoms with van der Waals surface area (Å²) in [5.74, 6) is 6.90. The van der Waals surface area contributed by atoms with E-state index < -0.39 is 5.97 Å². The number of carbonyl (C=O) groups excluding carboxylic acids is 2. The number of carbonyl (C=O) groups is 2. The number of nitrogen functional groups attached to an aromatic ring is 1. The molecule has 12 heteroatoms. The van der Waals surface area contributed by atoms with E-state index in [-0.39, 0.29) is 18.3 Å². The molecule has 1 amide bonds. The van der Waals surface area contributed by atoms with Crippen LogP contribution in [0.2, 0.25) is 0 Å². The van der Waals surface area contributed by atoms with Crippen LogP contribution in [-0.4, -0.2) is 53.3 Å². The molecule has 0 fully saturated rings. The summed E-state index contributed by atoms with van der Waals surface area (Å²) in [6, 6.07) is 6.84. The fourth-order valence-corrected chi connectivity index (χ4v) is 4.06. The van der Waals surface area contributed by atoms with Crippen molar-refractivity contribution in [3.05, 3.63) is 35.2 Å². The molecule has 1 aromatic carbocycles. The maximum Gasteiger partial charge on any atom is 0.341 e. The summed E-state index contributed by atoms with van der Waals surface area (Å²) in [7, 11) is 3.09. The zero-order valence-corrected chi connectivity index (χ0v) is 18.7. The average Bonchev–Trinajstić information content (AvgIpc) is 3.38. The second kappa shape index (κ2) is 10.2. The van der Waals surface area contributed by atoms with E-state index in [1.165, 1.54) is 23.1 Å². The van der Waals surface area contributed by atoms with Crippen molar-refractivity contribution in [3.63, 3.8) is 0 Å². The molecule has 164 valence electrons. The first-order valence-electron chi connectivity index (χ1n) is 9.08. The third kappa shape index (κ3) is 5.09. The van der Waals surface area contributed by atoms with Crippen molar-refractivity contribution in [2.45, 2.75) is 12.1 Å². The third-order valence-corrected chi connectivity index (χ3v) is 5.83. The Hall–Kier alpha value is -3.25. The van der Waals surface area contributed by atoms with Crippen LogP contribution in [0.15, 0.2) is 34.8 Å². The number of benzene rings is 1. The lowest BCUT2D eigenvalue weighted by molar-refractivity contribution is -0.113. The van der Waals surface area contributed by atoms with Gasteiger partial charge in [-0.05, 0) is 30.5 Å². The Morgan fingerprint density at radius 3 is 2.74 bits per heavy atom. The molecule has 10 nitrogen and oxygen atoms in total. The van der Waals surface area contributed by atoms with Gasteiger partial charge < -0.3 is 25.4 Å². The molecule has 0 aliphatic rings. The first kappa shape index (κ1) is 22.4.